The van der Waals surface area contributed by atoms with Crippen molar-refractivity contribution < 1.29 is 4.79 Å². The topological polar surface area (TPSA) is 50.2 Å². The van der Waals surface area contributed by atoms with Gasteiger partial charge in [0.25, 0.3) is 5.91 Å². The Balaban J connectivity index is 1.45. The molecule has 2 unspecified atom stereocenters. The van der Waals surface area contributed by atoms with Crippen LogP contribution in [0, 0.1) is 18.8 Å². The predicted molar refractivity (Wildman–Crippen MR) is 117 cm³/mol. The summed E-state index contributed by atoms with van der Waals surface area (Å²) >= 11 is 0. The number of nitrogens with one attached hydrogen (secondary N) is 1. The molecule has 2 saturated carbocycles. The molecule has 7 rings (SSSR count). The third-order valence-corrected chi connectivity index (χ3v) is 8.00. The Morgan fingerprint density at radius 2 is 1.60 bits per heavy atom. The normalized spacial score (nSPS) is 30.2. The van der Waals surface area contributed by atoms with Gasteiger partial charge in [0.15, 0.2) is 5.69 Å². The lowest BCUT2D eigenvalue weighted by Gasteiger charge is -2.38. The van der Waals surface area contributed by atoms with Gasteiger partial charge >= 0.3 is 0 Å². The van der Waals surface area contributed by atoms with Crippen LogP contribution >= 0.6 is 0 Å². The predicted octanol–water partition coefficient (Wildman–Crippen LogP) is 4.70. The molecular weight excluding hydrogens is 372 g/mol. The summed E-state index contributed by atoms with van der Waals surface area (Å²) in [5, 5.41) is 7.10. The van der Waals surface area contributed by atoms with Gasteiger partial charge in [-0.1, -0.05) is 24.1 Å². The van der Waals surface area contributed by atoms with Crippen molar-refractivity contribution in [3.8, 4) is 5.69 Å². The minimum atomic E-state index is 0.000218. The van der Waals surface area contributed by atoms with Crippen molar-refractivity contribution in [2.45, 2.75) is 70.1 Å². The van der Waals surface area contributed by atoms with Gasteiger partial charge in [-0.05, 0) is 81.8 Å². The average molecular weight is 405 g/mol. The summed E-state index contributed by atoms with van der Waals surface area (Å²) in [5.74, 6) is 2.69. The van der Waals surface area contributed by atoms with Crippen molar-refractivity contribution in [1.82, 2.24) is 20.2 Å². The minimum absolute atomic E-state index is 0.000218. The van der Waals surface area contributed by atoms with E-state index in [0.29, 0.717) is 17.5 Å². The van der Waals surface area contributed by atoms with Crippen LogP contribution in [0.25, 0.3) is 5.69 Å². The molecule has 1 aromatic heterocycles. The summed E-state index contributed by atoms with van der Waals surface area (Å²) < 4.78 is 2.13. The first-order valence-corrected chi connectivity index (χ1v) is 11.9. The number of carbonyl (C=O) groups is 1. The molecule has 0 spiro atoms. The Hall–Kier alpha value is -2.14. The number of aryl methyl sites for hydroxylation is 1. The SMILES string of the molecule is Cc1ccc(-n2nc(C(=O)NN3CCCCC3)c3c2C2CC4CC(CC3C4)C2)cc1. The Morgan fingerprint density at radius 3 is 2.30 bits per heavy atom. The van der Waals surface area contributed by atoms with Crippen molar-refractivity contribution in [2.24, 2.45) is 11.8 Å². The van der Waals surface area contributed by atoms with Crippen LogP contribution in [0.1, 0.15) is 90.5 Å². The van der Waals surface area contributed by atoms with Crippen LogP contribution in [0.4, 0.5) is 0 Å². The first-order chi connectivity index (χ1) is 14.7. The first-order valence-electron chi connectivity index (χ1n) is 11.9. The molecule has 2 aromatic rings. The Bertz CT molecular complexity index is 942. The highest BCUT2D eigenvalue weighted by molar-refractivity contribution is 5.94. The maximum Gasteiger partial charge on any atom is 0.286 e. The van der Waals surface area contributed by atoms with E-state index in [0.717, 1.165) is 43.5 Å². The zero-order chi connectivity index (χ0) is 20.2. The van der Waals surface area contributed by atoms with Gasteiger partial charge in [0.05, 0.1) is 11.4 Å². The van der Waals surface area contributed by atoms with E-state index in [-0.39, 0.29) is 5.91 Å². The van der Waals surface area contributed by atoms with Crippen LogP contribution in [0.5, 0.6) is 0 Å². The highest BCUT2D eigenvalue weighted by Crippen LogP contribution is 2.57. The zero-order valence-corrected chi connectivity index (χ0v) is 17.9. The van der Waals surface area contributed by atoms with E-state index in [9.17, 15) is 4.79 Å². The van der Waals surface area contributed by atoms with Crippen LogP contribution in [-0.4, -0.2) is 33.8 Å². The highest BCUT2D eigenvalue weighted by Gasteiger charge is 2.46. The monoisotopic (exact) mass is 404 g/mol. The standard InChI is InChI=1S/C25H32N4O/c1-16-5-7-21(8-6-16)29-24-20-14-17-11-18(15-20)13-19(12-17)22(24)23(26-29)25(30)27-28-9-3-2-4-10-28/h5-8,17-20H,2-4,9-15H2,1H3,(H,27,30). The number of benzene rings is 1. The summed E-state index contributed by atoms with van der Waals surface area (Å²) in [6.07, 6.45) is 9.98. The van der Waals surface area contributed by atoms with Crippen molar-refractivity contribution >= 4 is 5.91 Å². The van der Waals surface area contributed by atoms with E-state index in [1.165, 1.54) is 55.3 Å². The fourth-order valence-electron chi connectivity index (χ4n) is 6.80. The average Bonchev–Trinajstić information content (AvgIpc) is 3.07. The van der Waals surface area contributed by atoms with Crippen molar-refractivity contribution in [2.75, 3.05) is 13.1 Å². The van der Waals surface area contributed by atoms with Crippen molar-refractivity contribution in [3.63, 3.8) is 0 Å². The van der Waals surface area contributed by atoms with E-state index in [1.54, 1.807) is 0 Å². The molecule has 158 valence electrons. The number of hydrazine groups is 1. The van der Waals surface area contributed by atoms with E-state index in [1.807, 2.05) is 0 Å². The second-order valence-electron chi connectivity index (χ2n) is 10.2. The van der Waals surface area contributed by atoms with Crippen LogP contribution in [0.2, 0.25) is 0 Å². The number of nitrogens with zero attached hydrogens (tertiary/aromatic N) is 3. The van der Waals surface area contributed by atoms with Crippen LogP contribution in [-0.2, 0) is 0 Å². The molecule has 4 bridgehead atoms. The molecule has 1 saturated heterocycles. The molecule has 5 nitrogen and oxygen atoms in total. The molecule has 2 atom stereocenters. The molecule has 2 heterocycles. The third-order valence-electron chi connectivity index (χ3n) is 8.00. The number of amides is 1. The van der Waals surface area contributed by atoms with E-state index in [2.05, 4.69) is 46.3 Å². The molecule has 30 heavy (non-hydrogen) atoms. The Labute approximate surface area is 178 Å². The fraction of sp³-hybridized carbons (Fsp3) is 0.600. The number of piperidine rings is 1. The molecule has 1 N–H and O–H groups in total. The summed E-state index contributed by atoms with van der Waals surface area (Å²) in [6.45, 7) is 4.01. The van der Waals surface area contributed by atoms with Gasteiger partial charge in [-0.2, -0.15) is 5.10 Å². The van der Waals surface area contributed by atoms with Gasteiger partial charge in [0.2, 0.25) is 0 Å². The lowest BCUT2D eigenvalue weighted by molar-refractivity contribution is 0.0741. The number of carbonyl (C=O) groups excluding carboxylic acids is 1. The van der Waals surface area contributed by atoms with Gasteiger partial charge in [-0.15, -0.1) is 0 Å². The van der Waals surface area contributed by atoms with E-state index in [4.69, 9.17) is 5.10 Å². The smallest absolute Gasteiger partial charge is 0.283 e. The molecule has 1 amide bonds. The summed E-state index contributed by atoms with van der Waals surface area (Å²) in [5.41, 5.74) is 8.85. The number of aromatic nitrogens is 2. The number of hydrogen-bond acceptors (Lipinski definition) is 3. The lowest BCUT2D eigenvalue weighted by Crippen LogP contribution is -2.45. The summed E-state index contributed by atoms with van der Waals surface area (Å²) in [7, 11) is 0. The van der Waals surface area contributed by atoms with Crippen LogP contribution < -0.4 is 5.43 Å². The van der Waals surface area contributed by atoms with Crippen molar-refractivity contribution in [1.29, 1.82) is 0 Å². The summed E-state index contributed by atoms with van der Waals surface area (Å²) in [6, 6.07) is 8.61. The summed E-state index contributed by atoms with van der Waals surface area (Å²) in [4.78, 5) is 13.4. The van der Waals surface area contributed by atoms with Gasteiger partial charge in [-0.25, -0.2) is 9.69 Å². The minimum Gasteiger partial charge on any atom is -0.283 e. The Morgan fingerprint density at radius 1 is 0.933 bits per heavy atom. The third kappa shape index (κ3) is 3.09. The zero-order valence-electron chi connectivity index (χ0n) is 17.9. The van der Waals surface area contributed by atoms with Gasteiger partial charge in [0, 0.05) is 24.6 Å². The maximum atomic E-state index is 13.4. The molecular formula is C25H32N4O. The fourth-order valence-corrected chi connectivity index (χ4v) is 6.80. The van der Waals surface area contributed by atoms with E-state index >= 15 is 0 Å². The molecule has 4 aliphatic carbocycles. The Kier molecular flexibility index (Phi) is 4.48. The first kappa shape index (κ1) is 18.6. The molecule has 3 fully saturated rings. The van der Waals surface area contributed by atoms with Gasteiger partial charge < -0.3 is 0 Å². The second-order valence-corrected chi connectivity index (χ2v) is 10.2. The molecule has 1 aliphatic heterocycles. The van der Waals surface area contributed by atoms with Crippen LogP contribution in [0.15, 0.2) is 24.3 Å². The van der Waals surface area contributed by atoms with E-state index < -0.39 is 0 Å². The molecule has 5 aliphatic rings. The largest absolute Gasteiger partial charge is 0.286 e. The van der Waals surface area contributed by atoms with Gasteiger partial charge in [0.1, 0.15) is 0 Å². The number of hydrogen-bond donors (Lipinski definition) is 1. The highest BCUT2D eigenvalue weighted by atomic mass is 16.2. The maximum absolute atomic E-state index is 13.4. The quantitative estimate of drug-likeness (QED) is 0.807. The number of rotatable bonds is 3. The molecule has 5 heteroatoms. The van der Waals surface area contributed by atoms with Crippen LogP contribution in [0.3, 0.4) is 0 Å². The van der Waals surface area contributed by atoms with Crippen molar-refractivity contribution in [3.05, 3.63) is 46.8 Å². The second kappa shape index (κ2) is 7.23. The molecule has 0 radical (unpaired) electrons. The van der Waals surface area contributed by atoms with Gasteiger partial charge in [-0.3, -0.25) is 10.2 Å². The lowest BCUT2D eigenvalue weighted by atomic mass is 9.67. The molecule has 1 aromatic carbocycles.